The van der Waals surface area contributed by atoms with Crippen molar-refractivity contribution in [1.82, 2.24) is 0 Å². The van der Waals surface area contributed by atoms with E-state index in [1.54, 1.807) is 0 Å². The Balaban J connectivity index is -0.000000000429. The van der Waals surface area contributed by atoms with Crippen LogP contribution in [0.1, 0.15) is 0 Å². The summed E-state index contributed by atoms with van der Waals surface area (Å²) in [4.78, 5) is 0. The molecule has 0 amide bonds. The maximum absolute atomic E-state index is 8.42. The first kappa shape index (κ1) is 301. The average Bonchev–Trinajstić information content (AvgIpc) is 0.811. The fourth-order valence-corrected chi connectivity index (χ4v) is 0. The zero-order valence-corrected chi connectivity index (χ0v) is 16.8. The first-order valence-electron chi connectivity index (χ1n) is 0.707. The molecule has 24 N–H and O–H groups in total. The third-order valence-electron chi connectivity index (χ3n) is 0. The normalized spacial score (nSPS) is 1.42. The second-order valence-corrected chi connectivity index (χ2v) is 0.289. The molecule has 0 saturated carbocycles. The summed E-state index contributed by atoms with van der Waals surface area (Å²) in [7, 11) is -2.92. The van der Waals surface area contributed by atoms with Crippen LogP contribution >= 0.6 is 0 Å². The van der Waals surface area contributed by atoms with E-state index in [1.165, 1.54) is 0 Å². The van der Waals surface area contributed by atoms with Crippen molar-refractivity contribution in [2.45, 2.75) is 0 Å². The molecule has 0 heterocycles. The Morgan fingerprint density at radius 1 is 0.316 bits per heavy atom. The Hall–Kier alpha value is 2.46. The molecule has 0 bridgehead atoms. The molecule has 0 aromatic heterocycles. The van der Waals surface area contributed by atoms with Crippen LogP contribution in [0, 0.1) is 0 Å². The smallest absolute Gasteiger partial charge is 0.907 e. The van der Waals surface area contributed by atoms with Crippen LogP contribution in [0.2, 0.25) is 0 Å². The van der Waals surface area contributed by atoms with Crippen LogP contribution in [0.25, 0.3) is 0 Å². The van der Waals surface area contributed by atoms with E-state index in [4.69, 9.17) is 15.1 Å². The SMILES string of the molecule is O.O.O.O.O.O.O.O.O.O.O.O.[Na+].[Na+].[Na+].[O-]B([O-])[O-]. The number of hydrogen-bond acceptors (Lipinski definition) is 3. The summed E-state index contributed by atoms with van der Waals surface area (Å²) < 4.78 is 0. The van der Waals surface area contributed by atoms with E-state index < -0.39 is 7.32 Å². The van der Waals surface area contributed by atoms with Crippen molar-refractivity contribution in [2.75, 3.05) is 0 Å². The van der Waals surface area contributed by atoms with Crippen molar-refractivity contribution in [3.05, 3.63) is 0 Å². The van der Waals surface area contributed by atoms with Crippen LogP contribution in [0.4, 0.5) is 0 Å². The fourth-order valence-electron chi connectivity index (χ4n) is 0. The first-order valence-corrected chi connectivity index (χ1v) is 0.707. The van der Waals surface area contributed by atoms with E-state index >= 15 is 0 Å². The summed E-state index contributed by atoms with van der Waals surface area (Å²) in [6.45, 7) is 0. The zero-order chi connectivity index (χ0) is 3.58. The number of hydrogen-bond donors (Lipinski definition) is 0. The maximum Gasteiger partial charge on any atom is 1.00 e. The van der Waals surface area contributed by atoms with Crippen molar-refractivity contribution >= 4 is 7.32 Å². The second kappa shape index (κ2) is 260. The van der Waals surface area contributed by atoms with Crippen LogP contribution in [-0.2, 0) is 0 Å². The van der Waals surface area contributed by atoms with Crippen molar-refractivity contribution in [1.29, 1.82) is 0 Å². The molecule has 0 fully saturated rings. The number of rotatable bonds is 0. The van der Waals surface area contributed by atoms with Crippen LogP contribution in [0.15, 0.2) is 0 Å². The topological polar surface area (TPSA) is 447 Å². The molecule has 0 aliphatic rings. The summed E-state index contributed by atoms with van der Waals surface area (Å²) in [5.41, 5.74) is 0. The van der Waals surface area contributed by atoms with Gasteiger partial charge in [-0.3, -0.25) is 7.32 Å². The predicted molar refractivity (Wildman–Crippen MR) is 49.1 cm³/mol. The van der Waals surface area contributed by atoms with Gasteiger partial charge in [-0.25, -0.2) is 0 Å². The van der Waals surface area contributed by atoms with Crippen LogP contribution in [0.3, 0.4) is 0 Å². The van der Waals surface area contributed by atoms with Gasteiger partial charge < -0.3 is 80.8 Å². The Morgan fingerprint density at radius 2 is 0.316 bits per heavy atom. The fraction of sp³-hybridized carbons (Fsp3) is 0. The Labute approximate surface area is 175 Å². The molecule has 0 aliphatic heterocycles. The van der Waals surface area contributed by atoms with E-state index in [1.807, 2.05) is 0 Å². The third-order valence-corrected chi connectivity index (χ3v) is 0. The minimum Gasteiger partial charge on any atom is -0.907 e. The van der Waals surface area contributed by atoms with E-state index in [9.17, 15) is 0 Å². The molecule has 0 unspecified atom stereocenters. The zero-order valence-electron chi connectivity index (χ0n) is 10.8. The largest absolute Gasteiger partial charge is 1.00 e. The van der Waals surface area contributed by atoms with Crippen LogP contribution < -0.4 is 104 Å². The molecular weight excluding hydrogens is 320 g/mol. The van der Waals surface area contributed by atoms with Gasteiger partial charge in [-0.2, -0.15) is 0 Å². The molecule has 0 aromatic rings. The summed E-state index contributed by atoms with van der Waals surface area (Å²) in [5.74, 6) is 0. The minimum absolute atomic E-state index is 0. The molecule has 0 rings (SSSR count). The average molecular weight is 344 g/mol. The molecule has 120 valence electrons. The van der Waals surface area contributed by atoms with Gasteiger partial charge in [-0.05, 0) is 0 Å². The Bertz CT molecular complexity index is 22.1. The Morgan fingerprint density at radius 3 is 0.316 bits per heavy atom. The molecule has 0 saturated heterocycles. The monoisotopic (exact) mass is 344 g/mol. The molecule has 0 atom stereocenters. The molecular formula is H24BNa3O15. The van der Waals surface area contributed by atoms with Gasteiger partial charge >= 0.3 is 88.7 Å². The van der Waals surface area contributed by atoms with Gasteiger partial charge in [-0.15, -0.1) is 0 Å². The van der Waals surface area contributed by atoms with E-state index in [-0.39, 0.29) is 154 Å². The predicted octanol–water partition coefficient (Wildman–Crippen LogP) is -22.8. The van der Waals surface area contributed by atoms with Crippen LogP contribution in [0.5, 0.6) is 0 Å². The van der Waals surface area contributed by atoms with Gasteiger partial charge in [0, 0.05) is 0 Å². The summed E-state index contributed by atoms with van der Waals surface area (Å²) >= 11 is 0. The first-order chi connectivity index (χ1) is 1.73. The molecule has 19 heavy (non-hydrogen) atoms. The molecule has 0 aromatic carbocycles. The van der Waals surface area contributed by atoms with Gasteiger partial charge in [0.15, 0.2) is 0 Å². The molecule has 0 spiro atoms. The summed E-state index contributed by atoms with van der Waals surface area (Å²) in [6.07, 6.45) is 0. The quantitative estimate of drug-likeness (QED) is 0.386. The summed E-state index contributed by atoms with van der Waals surface area (Å²) in [5, 5.41) is 25.2. The van der Waals surface area contributed by atoms with Crippen molar-refractivity contribution in [3.63, 3.8) is 0 Å². The van der Waals surface area contributed by atoms with Gasteiger partial charge in [-0.1, -0.05) is 0 Å². The van der Waals surface area contributed by atoms with Crippen molar-refractivity contribution in [2.24, 2.45) is 0 Å². The standard InChI is InChI=1S/BO3.3Na.12H2O/c2-1(3)4;;;;;;;;;;;;;;;/h;;;;12*1H2/q-3;3*+1;;;;;;;;;;;;. The summed E-state index contributed by atoms with van der Waals surface area (Å²) in [6, 6.07) is 0. The molecule has 19 heteroatoms. The van der Waals surface area contributed by atoms with Crippen molar-refractivity contribution in [3.8, 4) is 0 Å². The van der Waals surface area contributed by atoms with Gasteiger partial charge in [0.25, 0.3) is 0 Å². The molecule has 15 nitrogen and oxygen atoms in total. The van der Waals surface area contributed by atoms with Crippen LogP contribution in [-0.4, -0.2) is 73.0 Å². The third kappa shape index (κ3) is 1150. The minimum atomic E-state index is -2.92. The van der Waals surface area contributed by atoms with Gasteiger partial charge in [0.1, 0.15) is 0 Å². The van der Waals surface area contributed by atoms with Crippen molar-refractivity contribution < 1.29 is 169 Å². The maximum atomic E-state index is 8.42. The van der Waals surface area contributed by atoms with Gasteiger partial charge in [0.05, 0.1) is 0 Å². The Kier molecular flexibility index (Phi) is 4110. The molecule has 0 aliphatic carbocycles. The van der Waals surface area contributed by atoms with E-state index in [0.717, 1.165) is 0 Å². The van der Waals surface area contributed by atoms with Gasteiger partial charge in [0.2, 0.25) is 0 Å². The van der Waals surface area contributed by atoms with E-state index in [0.29, 0.717) is 0 Å². The molecule has 0 radical (unpaired) electrons. The van der Waals surface area contributed by atoms with E-state index in [2.05, 4.69) is 0 Å². The second-order valence-electron chi connectivity index (χ2n) is 0.289.